The molecule has 0 aromatic heterocycles. The molecule has 2 amide bonds. The molecule has 0 radical (unpaired) electrons. The van der Waals surface area contributed by atoms with Gasteiger partial charge < -0.3 is 24.8 Å². The summed E-state index contributed by atoms with van der Waals surface area (Å²) in [4.78, 5) is 23.7. The zero-order valence-corrected chi connectivity index (χ0v) is 16.1. The molecule has 8 heteroatoms. The Morgan fingerprint density at radius 1 is 1.28 bits per heavy atom. The lowest BCUT2D eigenvalue weighted by molar-refractivity contribution is -0.00346. The predicted molar refractivity (Wildman–Crippen MR) is 95.9 cm³/mol. The Labute approximate surface area is 155 Å². The van der Waals surface area contributed by atoms with Crippen molar-refractivity contribution in [2.45, 2.75) is 32.4 Å². The third kappa shape index (κ3) is 6.91. The number of hydrogen-bond acceptors (Lipinski definition) is 5. The van der Waals surface area contributed by atoms with Gasteiger partial charge in [-0.3, -0.25) is 4.79 Å². The molecule has 0 saturated carbocycles. The summed E-state index contributed by atoms with van der Waals surface area (Å²) in [6.45, 7) is 7.03. The number of nitrogens with one attached hydrogen (secondary N) is 2. The van der Waals surface area contributed by atoms with E-state index in [9.17, 15) is 9.59 Å². The molecule has 1 saturated heterocycles. The molecular weight excluding hydrogens is 392 g/mol. The van der Waals surface area contributed by atoms with E-state index in [0.29, 0.717) is 31.1 Å². The molecule has 2 N–H and O–H groups in total. The maximum Gasteiger partial charge on any atom is 0.407 e. The first-order valence-corrected chi connectivity index (χ1v) is 8.81. The largest absolute Gasteiger partial charge is 0.492 e. The average molecular weight is 415 g/mol. The van der Waals surface area contributed by atoms with Crippen molar-refractivity contribution < 1.29 is 23.8 Å². The van der Waals surface area contributed by atoms with Gasteiger partial charge in [0.15, 0.2) is 0 Å². The normalized spacial score (nSPS) is 14.4. The lowest BCUT2D eigenvalue weighted by Gasteiger charge is -2.26. The topological polar surface area (TPSA) is 85.9 Å². The van der Waals surface area contributed by atoms with Gasteiger partial charge in [0.1, 0.15) is 18.0 Å². The van der Waals surface area contributed by atoms with E-state index in [4.69, 9.17) is 14.2 Å². The highest BCUT2D eigenvalue weighted by molar-refractivity contribution is 9.10. The Kier molecular flexibility index (Phi) is 6.66. The van der Waals surface area contributed by atoms with Crippen molar-refractivity contribution in [1.82, 2.24) is 10.6 Å². The Morgan fingerprint density at radius 2 is 2.00 bits per heavy atom. The fourth-order valence-corrected chi connectivity index (χ4v) is 2.47. The summed E-state index contributed by atoms with van der Waals surface area (Å²) in [7, 11) is 0. The van der Waals surface area contributed by atoms with Crippen LogP contribution in [0.25, 0.3) is 0 Å². The second-order valence-electron chi connectivity index (χ2n) is 6.66. The molecule has 25 heavy (non-hydrogen) atoms. The van der Waals surface area contributed by atoms with Crippen LogP contribution in [-0.2, 0) is 9.47 Å². The number of halogens is 1. The smallest absolute Gasteiger partial charge is 0.407 e. The van der Waals surface area contributed by atoms with Crippen molar-refractivity contribution in [2.24, 2.45) is 0 Å². The van der Waals surface area contributed by atoms with E-state index in [1.165, 1.54) is 0 Å². The number of carbonyl (C=O) groups is 2. The SMILES string of the molecule is CC(C)(C)OC(=O)NCCOc1cc(Br)cc(C(=O)NC2COC2)c1. The molecule has 7 nitrogen and oxygen atoms in total. The quantitative estimate of drug-likeness (QED) is 0.698. The highest BCUT2D eigenvalue weighted by Gasteiger charge is 2.21. The van der Waals surface area contributed by atoms with Crippen LogP contribution in [0.1, 0.15) is 31.1 Å². The molecule has 0 atom stereocenters. The second kappa shape index (κ2) is 8.53. The lowest BCUT2D eigenvalue weighted by Crippen LogP contribution is -2.48. The third-order valence-corrected chi connectivity index (χ3v) is 3.60. The molecule has 1 aromatic carbocycles. The van der Waals surface area contributed by atoms with Crippen LogP contribution in [0.5, 0.6) is 5.75 Å². The molecule has 1 aliphatic rings. The molecule has 1 aromatic rings. The molecule has 1 aliphatic heterocycles. The maximum absolute atomic E-state index is 12.2. The van der Waals surface area contributed by atoms with E-state index in [-0.39, 0.29) is 18.6 Å². The number of rotatable bonds is 6. The van der Waals surface area contributed by atoms with Gasteiger partial charge in [-0.1, -0.05) is 15.9 Å². The van der Waals surface area contributed by atoms with Gasteiger partial charge in [-0.05, 0) is 39.0 Å². The van der Waals surface area contributed by atoms with E-state index in [1.54, 1.807) is 39.0 Å². The standard InChI is InChI=1S/C17H23BrN2O5/c1-17(2,3)25-16(22)19-4-5-24-14-7-11(6-12(18)8-14)15(21)20-13-9-23-10-13/h6-8,13H,4-5,9-10H2,1-3H3,(H,19,22)(H,20,21). The van der Waals surface area contributed by atoms with Crippen molar-refractivity contribution >= 4 is 27.9 Å². The Hall–Kier alpha value is -1.80. The number of benzene rings is 1. The Balaban J connectivity index is 1.81. The molecule has 0 unspecified atom stereocenters. The second-order valence-corrected chi connectivity index (χ2v) is 7.58. The minimum atomic E-state index is -0.539. The van der Waals surface area contributed by atoms with E-state index >= 15 is 0 Å². The van der Waals surface area contributed by atoms with Gasteiger partial charge in [0.25, 0.3) is 5.91 Å². The van der Waals surface area contributed by atoms with Crippen LogP contribution < -0.4 is 15.4 Å². The molecule has 1 heterocycles. The van der Waals surface area contributed by atoms with Crippen molar-refractivity contribution in [3.05, 3.63) is 28.2 Å². The van der Waals surface area contributed by atoms with E-state index in [1.807, 2.05) is 0 Å². The number of carbonyl (C=O) groups excluding carboxylic acids is 2. The van der Waals surface area contributed by atoms with Crippen LogP contribution in [0.3, 0.4) is 0 Å². The molecule has 0 bridgehead atoms. The zero-order chi connectivity index (χ0) is 18.4. The summed E-state index contributed by atoms with van der Waals surface area (Å²) in [5.41, 5.74) is -0.0421. The minimum absolute atomic E-state index is 0.0638. The van der Waals surface area contributed by atoms with Crippen molar-refractivity contribution in [2.75, 3.05) is 26.4 Å². The first-order chi connectivity index (χ1) is 11.7. The highest BCUT2D eigenvalue weighted by Crippen LogP contribution is 2.22. The van der Waals surface area contributed by atoms with E-state index in [0.717, 1.165) is 4.47 Å². The van der Waals surface area contributed by atoms with Gasteiger partial charge in [-0.2, -0.15) is 0 Å². The van der Waals surface area contributed by atoms with Crippen molar-refractivity contribution in [3.8, 4) is 5.75 Å². The predicted octanol–water partition coefficient (Wildman–Crippen LogP) is 2.48. The van der Waals surface area contributed by atoms with Gasteiger partial charge in [0.05, 0.1) is 25.8 Å². The number of alkyl carbamates (subject to hydrolysis) is 1. The monoisotopic (exact) mass is 414 g/mol. The zero-order valence-electron chi connectivity index (χ0n) is 14.6. The Morgan fingerprint density at radius 3 is 2.60 bits per heavy atom. The van der Waals surface area contributed by atoms with E-state index in [2.05, 4.69) is 26.6 Å². The molecule has 0 aliphatic carbocycles. The van der Waals surface area contributed by atoms with Gasteiger partial charge in [-0.15, -0.1) is 0 Å². The van der Waals surface area contributed by atoms with Crippen LogP contribution in [0, 0.1) is 0 Å². The summed E-state index contributed by atoms with van der Waals surface area (Å²) in [6.07, 6.45) is -0.492. The molecule has 1 fully saturated rings. The Bertz CT molecular complexity index is 626. The summed E-state index contributed by atoms with van der Waals surface area (Å²) in [5.74, 6) is 0.363. The first-order valence-electron chi connectivity index (χ1n) is 8.02. The highest BCUT2D eigenvalue weighted by atomic mass is 79.9. The molecule has 138 valence electrons. The van der Waals surface area contributed by atoms with Gasteiger partial charge >= 0.3 is 6.09 Å². The minimum Gasteiger partial charge on any atom is -0.492 e. The lowest BCUT2D eigenvalue weighted by atomic mass is 10.1. The van der Waals surface area contributed by atoms with Crippen molar-refractivity contribution in [1.29, 1.82) is 0 Å². The van der Waals surface area contributed by atoms with Crippen LogP contribution in [-0.4, -0.2) is 50.0 Å². The summed E-state index contributed by atoms with van der Waals surface area (Å²) < 4.78 is 16.5. The fourth-order valence-electron chi connectivity index (χ4n) is 2.00. The van der Waals surface area contributed by atoms with Gasteiger partial charge in [0.2, 0.25) is 0 Å². The third-order valence-electron chi connectivity index (χ3n) is 3.15. The van der Waals surface area contributed by atoms with Crippen LogP contribution in [0.15, 0.2) is 22.7 Å². The van der Waals surface area contributed by atoms with Crippen LogP contribution in [0.2, 0.25) is 0 Å². The molecule has 0 spiro atoms. The number of ether oxygens (including phenoxy) is 3. The number of amides is 2. The fraction of sp³-hybridized carbons (Fsp3) is 0.529. The summed E-state index contributed by atoms with van der Waals surface area (Å²) in [6, 6.07) is 5.21. The van der Waals surface area contributed by atoms with Crippen LogP contribution >= 0.6 is 15.9 Å². The van der Waals surface area contributed by atoms with E-state index < -0.39 is 11.7 Å². The van der Waals surface area contributed by atoms with Crippen LogP contribution in [0.4, 0.5) is 4.79 Å². The first kappa shape index (κ1) is 19.5. The van der Waals surface area contributed by atoms with Crippen molar-refractivity contribution in [3.63, 3.8) is 0 Å². The summed E-state index contributed by atoms with van der Waals surface area (Å²) >= 11 is 3.37. The maximum atomic E-state index is 12.2. The molecular formula is C17H23BrN2O5. The average Bonchev–Trinajstić information content (AvgIpc) is 2.45. The number of hydrogen-bond donors (Lipinski definition) is 2. The van der Waals surface area contributed by atoms with Gasteiger partial charge in [0, 0.05) is 10.0 Å². The van der Waals surface area contributed by atoms with Gasteiger partial charge in [-0.25, -0.2) is 4.79 Å². The molecule has 2 rings (SSSR count). The summed E-state index contributed by atoms with van der Waals surface area (Å²) in [5, 5.41) is 5.49.